The molecule has 8 nitrogen and oxygen atoms in total. The third-order valence-corrected chi connectivity index (χ3v) is 4.84. The van der Waals surface area contributed by atoms with Gasteiger partial charge in [-0.05, 0) is 50.5 Å². The number of aromatic nitrogens is 3. The van der Waals surface area contributed by atoms with Gasteiger partial charge in [0.25, 0.3) is 5.91 Å². The Morgan fingerprint density at radius 3 is 2.53 bits per heavy atom. The van der Waals surface area contributed by atoms with Gasteiger partial charge in [-0.15, -0.1) is 0 Å². The van der Waals surface area contributed by atoms with Crippen molar-refractivity contribution in [2.24, 2.45) is 5.73 Å². The Labute approximate surface area is 186 Å². The monoisotopic (exact) mass is 428 g/mol. The number of amides is 1. The molecule has 0 bridgehead atoms. The topological polar surface area (TPSA) is 97.5 Å². The van der Waals surface area contributed by atoms with Crippen LogP contribution in [0.3, 0.4) is 0 Å². The summed E-state index contributed by atoms with van der Waals surface area (Å²) in [4.78, 5) is 34.1. The van der Waals surface area contributed by atoms with Crippen LogP contribution >= 0.6 is 0 Å². The van der Waals surface area contributed by atoms with Gasteiger partial charge in [-0.1, -0.05) is 24.3 Å². The van der Waals surface area contributed by atoms with E-state index >= 15 is 0 Å². The zero-order chi connectivity index (χ0) is 22.5. The largest absolute Gasteiger partial charge is 0.366 e. The second-order valence-electron chi connectivity index (χ2n) is 7.44. The molecule has 0 aliphatic heterocycles. The summed E-state index contributed by atoms with van der Waals surface area (Å²) in [5.74, 6) is 0.471. The SMILES string of the molecule is CN(C)CCON(c1ccccc1C(N)=O)c1nc(-c2cccnc2)nc2ccccc12. The average Bonchev–Trinajstić information content (AvgIpc) is 2.81. The van der Waals surface area contributed by atoms with Crippen LogP contribution in [0.4, 0.5) is 11.5 Å². The molecule has 0 spiro atoms. The molecule has 162 valence electrons. The van der Waals surface area contributed by atoms with Crippen molar-refractivity contribution >= 4 is 28.3 Å². The van der Waals surface area contributed by atoms with E-state index in [0.29, 0.717) is 36.0 Å². The molecular formula is C24H24N6O2. The number of pyridine rings is 1. The number of carbonyl (C=O) groups is 1. The first-order valence-corrected chi connectivity index (χ1v) is 10.2. The van der Waals surface area contributed by atoms with E-state index < -0.39 is 5.91 Å². The molecule has 0 unspecified atom stereocenters. The van der Waals surface area contributed by atoms with Crippen molar-refractivity contribution in [3.05, 3.63) is 78.6 Å². The van der Waals surface area contributed by atoms with Crippen LogP contribution < -0.4 is 10.8 Å². The fourth-order valence-electron chi connectivity index (χ4n) is 3.26. The maximum absolute atomic E-state index is 12.2. The molecule has 4 aromatic rings. The van der Waals surface area contributed by atoms with Gasteiger partial charge in [0.1, 0.15) is 0 Å². The number of likely N-dealkylation sites (N-methyl/N-ethyl adjacent to an activating group) is 1. The second-order valence-corrected chi connectivity index (χ2v) is 7.44. The molecule has 0 radical (unpaired) electrons. The number of primary amides is 1. The van der Waals surface area contributed by atoms with Gasteiger partial charge in [0.15, 0.2) is 11.6 Å². The molecular weight excluding hydrogens is 404 g/mol. The highest BCUT2D eigenvalue weighted by molar-refractivity contribution is 6.01. The number of fused-ring (bicyclic) bond motifs is 1. The zero-order valence-corrected chi connectivity index (χ0v) is 18.0. The summed E-state index contributed by atoms with van der Waals surface area (Å²) in [7, 11) is 3.93. The third kappa shape index (κ3) is 4.56. The van der Waals surface area contributed by atoms with E-state index in [1.807, 2.05) is 61.5 Å². The van der Waals surface area contributed by atoms with Crippen LogP contribution in [0.1, 0.15) is 10.4 Å². The second kappa shape index (κ2) is 9.51. The fraction of sp³-hybridized carbons (Fsp3) is 0.167. The Bertz CT molecular complexity index is 1230. The molecule has 2 aromatic carbocycles. The summed E-state index contributed by atoms with van der Waals surface area (Å²) in [5, 5.41) is 2.36. The van der Waals surface area contributed by atoms with Crippen molar-refractivity contribution in [2.45, 2.75) is 0 Å². The van der Waals surface area contributed by atoms with Gasteiger partial charge in [-0.25, -0.2) is 15.0 Å². The van der Waals surface area contributed by atoms with E-state index in [-0.39, 0.29) is 0 Å². The molecule has 0 saturated heterocycles. The van der Waals surface area contributed by atoms with Crippen molar-refractivity contribution in [2.75, 3.05) is 32.3 Å². The minimum Gasteiger partial charge on any atom is -0.366 e. The fourth-order valence-corrected chi connectivity index (χ4v) is 3.26. The maximum Gasteiger partial charge on any atom is 0.250 e. The van der Waals surface area contributed by atoms with E-state index in [4.69, 9.17) is 20.5 Å². The van der Waals surface area contributed by atoms with E-state index in [0.717, 1.165) is 16.5 Å². The van der Waals surface area contributed by atoms with Gasteiger partial charge >= 0.3 is 0 Å². The Morgan fingerprint density at radius 1 is 1.00 bits per heavy atom. The molecule has 32 heavy (non-hydrogen) atoms. The number of nitrogens with two attached hydrogens (primary N) is 1. The van der Waals surface area contributed by atoms with Crippen LogP contribution in [0.2, 0.25) is 0 Å². The van der Waals surface area contributed by atoms with Crippen molar-refractivity contribution < 1.29 is 9.63 Å². The molecule has 2 aromatic heterocycles. The Kier molecular flexibility index (Phi) is 6.34. The van der Waals surface area contributed by atoms with Crippen LogP contribution in [-0.4, -0.2) is 53.0 Å². The summed E-state index contributed by atoms with van der Waals surface area (Å²) in [5.41, 5.74) is 8.04. The van der Waals surface area contributed by atoms with Crippen molar-refractivity contribution in [1.82, 2.24) is 19.9 Å². The molecule has 0 fully saturated rings. The lowest BCUT2D eigenvalue weighted by molar-refractivity contribution is 0.0989. The summed E-state index contributed by atoms with van der Waals surface area (Å²) in [6.45, 7) is 1.05. The standard InChI is InChI=1S/C24H24N6O2/c1-29(2)14-15-32-30(21-12-6-4-10-19(21)22(25)31)24-18-9-3-5-11-20(18)27-23(28-24)17-8-7-13-26-16-17/h3-13,16H,14-15H2,1-2H3,(H2,25,31). The van der Waals surface area contributed by atoms with Crippen molar-refractivity contribution in [3.63, 3.8) is 0 Å². The number of para-hydroxylation sites is 2. The Balaban J connectivity index is 1.92. The smallest absolute Gasteiger partial charge is 0.250 e. The van der Waals surface area contributed by atoms with Crippen LogP contribution in [0, 0.1) is 0 Å². The van der Waals surface area contributed by atoms with Crippen molar-refractivity contribution in [3.8, 4) is 11.4 Å². The van der Waals surface area contributed by atoms with Crippen LogP contribution in [0.25, 0.3) is 22.3 Å². The van der Waals surface area contributed by atoms with Gasteiger partial charge in [0.05, 0.1) is 23.4 Å². The van der Waals surface area contributed by atoms with Gasteiger partial charge < -0.3 is 10.6 Å². The zero-order valence-electron chi connectivity index (χ0n) is 18.0. The minimum absolute atomic E-state index is 0.336. The number of carbonyl (C=O) groups excluding carboxylic acids is 1. The number of anilines is 2. The van der Waals surface area contributed by atoms with Crippen molar-refractivity contribution in [1.29, 1.82) is 0 Å². The molecule has 2 N–H and O–H groups in total. The average molecular weight is 428 g/mol. The van der Waals surface area contributed by atoms with E-state index in [1.54, 1.807) is 35.7 Å². The highest BCUT2D eigenvalue weighted by Crippen LogP contribution is 2.34. The molecule has 0 saturated carbocycles. The maximum atomic E-state index is 12.2. The van der Waals surface area contributed by atoms with Gasteiger partial charge in [0, 0.05) is 29.9 Å². The quantitative estimate of drug-likeness (QED) is 0.430. The van der Waals surface area contributed by atoms with Crippen LogP contribution in [0.15, 0.2) is 73.1 Å². The summed E-state index contributed by atoms with van der Waals surface area (Å²) >= 11 is 0. The van der Waals surface area contributed by atoms with Gasteiger partial charge in [0.2, 0.25) is 0 Å². The van der Waals surface area contributed by atoms with E-state index in [1.165, 1.54) is 0 Å². The highest BCUT2D eigenvalue weighted by Gasteiger charge is 2.22. The molecule has 2 heterocycles. The number of rotatable bonds is 8. The van der Waals surface area contributed by atoms with Gasteiger partial charge in [-0.2, -0.15) is 0 Å². The predicted octanol–water partition coefficient (Wildman–Crippen LogP) is 3.42. The van der Waals surface area contributed by atoms with E-state index in [9.17, 15) is 4.79 Å². The third-order valence-electron chi connectivity index (χ3n) is 4.84. The summed E-state index contributed by atoms with van der Waals surface area (Å²) in [6.07, 6.45) is 3.41. The molecule has 0 aliphatic rings. The summed E-state index contributed by atoms with van der Waals surface area (Å²) < 4.78 is 0. The predicted molar refractivity (Wildman–Crippen MR) is 124 cm³/mol. The molecule has 8 heteroatoms. The van der Waals surface area contributed by atoms with E-state index in [2.05, 4.69) is 4.98 Å². The minimum atomic E-state index is -0.548. The molecule has 4 rings (SSSR count). The lowest BCUT2D eigenvalue weighted by Crippen LogP contribution is -2.28. The molecule has 0 atom stereocenters. The summed E-state index contributed by atoms with van der Waals surface area (Å²) in [6, 6.07) is 18.5. The lowest BCUT2D eigenvalue weighted by atomic mass is 10.1. The number of hydrogen-bond acceptors (Lipinski definition) is 7. The highest BCUT2D eigenvalue weighted by atomic mass is 16.7. The van der Waals surface area contributed by atoms with Crippen LogP contribution in [0.5, 0.6) is 0 Å². The van der Waals surface area contributed by atoms with Crippen LogP contribution in [-0.2, 0) is 4.84 Å². The first-order chi connectivity index (χ1) is 15.5. The lowest BCUT2D eigenvalue weighted by Gasteiger charge is -2.26. The number of benzene rings is 2. The first kappa shape index (κ1) is 21.4. The Morgan fingerprint density at radius 2 is 1.78 bits per heavy atom. The molecule has 0 aliphatic carbocycles. The first-order valence-electron chi connectivity index (χ1n) is 10.2. The number of hydrogen-bond donors (Lipinski definition) is 1. The molecule has 1 amide bonds. The normalized spacial score (nSPS) is 11.1. The Hall–Kier alpha value is -3.88. The van der Waals surface area contributed by atoms with Gasteiger partial charge in [-0.3, -0.25) is 14.6 Å². The number of nitrogens with zero attached hydrogens (tertiary/aromatic N) is 5.